The number of nitrogens with zero attached hydrogens (tertiary/aromatic N) is 2. The molecule has 7 nitrogen and oxygen atoms in total. The van der Waals surface area contributed by atoms with Crippen molar-refractivity contribution >= 4 is 16.9 Å². The zero-order chi connectivity index (χ0) is 9.42. The van der Waals surface area contributed by atoms with Crippen molar-refractivity contribution in [1.29, 1.82) is 0 Å². The summed E-state index contributed by atoms with van der Waals surface area (Å²) >= 11 is 0. The molecular formula is C6H5N5O2. The number of anilines is 1. The highest BCUT2D eigenvalue weighted by atomic mass is 16.1. The van der Waals surface area contributed by atoms with Crippen LogP contribution in [0.15, 0.2) is 15.8 Å². The highest BCUT2D eigenvalue weighted by Crippen LogP contribution is 1.98. The van der Waals surface area contributed by atoms with Gasteiger partial charge in [-0.05, 0) is 0 Å². The molecule has 7 heteroatoms. The summed E-state index contributed by atoms with van der Waals surface area (Å²) in [4.78, 5) is 29.4. The van der Waals surface area contributed by atoms with Crippen LogP contribution >= 0.6 is 0 Å². The summed E-state index contributed by atoms with van der Waals surface area (Å²) in [5.74, 6) is -0.0383. The van der Waals surface area contributed by atoms with Crippen LogP contribution in [0.5, 0.6) is 0 Å². The zero-order valence-corrected chi connectivity index (χ0v) is 6.37. The number of aromatic amines is 2. The van der Waals surface area contributed by atoms with Crippen molar-refractivity contribution in [2.45, 2.75) is 0 Å². The predicted molar refractivity (Wildman–Crippen MR) is 45.2 cm³/mol. The number of nitrogens with one attached hydrogen (secondary N) is 2. The molecule has 0 aliphatic rings. The topological polar surface area (TPSA) is 118 Å². The van der Waals surface area contributed by atoms with Crippen molar-refractivity contribution < 1.29 is 0 Å². The highest BCUT2D eigenvalue weighted by molar-refractivity contribution is 5.75. The second kappa shape index (κ2) is 2.41. The van der Waals surface area contributed by atoms with Crippen LogP contribution in [0.2, 0.25) is 0 Å². The van der Waals surface area contributed by atoms with E-state index in [0.29, 0.717) is 0 Å². The summed E-state index contributed by atoms with van der Waals surface area (Å²) in [5, 5.41) is 4.40. The maximum absolute atomic E-state index is 11.1. The molecule has 4 N–H and O–H groups in total. The monoisotopic (exact) mass is 179 g/mol. The third kappa shape index (κ3) is 1.06. The van der Waals surface area contributed by atoms with Crippen LogP contribution in [0.25, 0.3) is 10.9 Å². The predicted octanol–water partition coefficient (Wildman–Crippen LogP) is -1.41. The number of nitrogens with two attached hydrogens (primary N) is 1. The first-order valence-corrected chi connectivity index (χ1v) is 3.41. The van der Waals surface area contributed by atoms with E-state index >= 15 is 0 Å². The largest absolute Gasteiger partial charge is 0.368 e. The van der Waals surface area contributed by atoms with Crippen LogP contribution in [0.1, 0.15) is 0 Å². The van der Waals surface area contributed by atoms with E-state index in [0.717, 1.165) is 0 Å². The van der Waals surface area contributed by atoms with Gasteiger partial charge < -0.3 is 5.73 Å². The second-order valence-corrected chi connectivity index (χ2v) is 2.40. The second-order valence-electron chi connectivity index (χ2n) is 2.40. The molecule has 0 radical (unpaired) electrons. The van der Waals surface area contributed by atoms with Gasteiger partial charge in [0.15, 0.2) is 0 Å². The SMILES string of the molecule is Nc1ncc2c(=O)[nH][nH]c(=O)c2n1. The molecule has 0 atom stereocenters. The quantitative estimate of drug-likeness (QED) is 0.459. The molecule has 2 rings (SSSR count). The average molecular weight is 179 g/mol. The molecule has 0 saturated carbocycles. The van der Waals surface area contributed by atoms with Crippen LogP contribution < -0.4 is 16.9 Å². The summed E-state index contributed by atoms with van der Waals surface area (Å²) < 4.78 is 0. The number of H-pyrrole nitrogens is 2. The lowest BCUT2D eigenvalue weighted by atomic mass is 10.3. The fourth-order valence-corrected chi connectivity index (χ4v) is 0.975. The van der Waals surface area contributed by atoms with Crippen molar-refractivity contribution in [3.8, 4) is 0 Å². The zero-order valence-electron chi connectivity index (χ0n) is 6.37. The normalized spacial score (nSPS) is 10.5. The number of rotatable bonds is 0. The molecule has 0 aliphatic heterocycles. The van der Waals surface area contributed by atoms with Crippen LogP contribution in [-0.4, -0.2) is 20.2 Å². The Labute approximate surface area is 70.6 Å². The van der Waals surface area contributed by atoms with Crippen molar-refractivity contribution in [3.63, 3.8) is 0 Å². The average Bonchev–Trinajstić information content (AvgIpc) is 2.12. The van der Waals surface area contributed by atoms with E-state index in [-0.39, 0.29) is 16.9 Å². The minimum Gasteiger partial charge on any atom is -0.368 e. The molecule has 0 spiro atoms. The Morgan fingerprint density at radius 1 is 1.23 bits per heavy atom. The smallest absolute Gasteiger partial charge is 0.289 e. The van der Waals surface area contributed by atoms with Crippen LogP contribution in [0.3, 0.4) is 0 Å². The van der Waals surface area contributed by atoms with Crippen LogP contribution in [0, 0.1) is 0 Å². The van der Waals surface area contributed by atoms with Crippen molar-refractivity contribution in [2.75, 3.05) is 5.73 Å². The number of aromatic nitrogens is 4. The molecule has 0 unspecified atom stereocenters. The fraction of sp³-hybridized carbons (Fsp3) is 0. The summed E-state index contributed by atoms with van der Waals surface area (Å²) in [5.41, 5.74) is 4.31. The van der Waals surface area contributed by atoms with Crippen molar-refractivity contribution in [1.82, 2.24) is 20.2 Å². The van der Waals surface area contributed by atoms with Gasteiger partial charge in [-0.15, -0.1) is 0 Å². The van der Waals surface area contributed by atoms with Gasteiger partial charge in [-0.25, -0.2) is 9.97 Å². The molecule has 2 heterocycles. The minimum absolute atomic E-state index is 0.00347. The number of fused-ring (bicyclic) bond motifs is 1. The van der Waals surface area contributed by atoms with E-state index in [2.05, 4.69) is 20.2 Å². The molecule has 0 bridgehead atoms. The maximum atomic E-state index is 11.1. The van der Waals surface area contributed by atoms with Gasteiger partial charge in [-0.1, -0.05) is 0 Å². The number of nitrogen functional groups attached to an aromatic ring is 1. The molecule has 0 amide bonds. The van der Waals surface area contributed by atoms with Crippen molar-refractivity contribution in [2.24, 2.45) is 0 Å². The summed E-state index contributed by atoms with van der Waals surface area (Å²) in [7, 11) is 0. The molecule has 0 aliphatic carbocycles. The first-order chi connectivity index (χ1) is 6.18. The minimum atomic E-state index is -0.497. The summed E-state index contributed by atoms with van der Waals surface area (Å²) in [6.07, 6.45) is 1.21. The molecule has 0 aromatic carbocycles. The third-order valence-electron chi connectivity index (χ3n) is 1.56. The van der Waals surface area contributed by atoms with Gasteiger partial charge in [0.2, 0.25) is 5.95 Å². The molecule has 66 valence electrons. The Kier molecular flexibility index (Phi) is 1.38. The lowest BCUT2D eigenvalue weighted by molar-refractivity contribution is 0.966. The molecule has 2 aromatic heterocycles. The van der Waals surface area contributed by atoms with Crippen molar-refractivity contribution in [3.05, 3.63) is 26.9 Å². The molecule has 0 saturated heterocycles. The maximum Gasteiger partial charge on any atom is 0.289 e. The Morgan fingerprint density at radius 3 is 2.69 bits per heavy atom. The Balaban J connectivity index is 3.10. The highest BCUT2D eigenvalue weighted by Gasteiger charge is 2.04. The lowest BCUT2D eigenvalue weighted by Crippen LogP contribution is -2.20. The Hall–Kier alpha value is -2.18. The lowest BCUT2D eigenvalue weighted by Gasteiger charge is -1.94. The van der Waals surface area contributed by atoms with Crippen LogP contribution in [0.4, 0.5) is 5.95 Å². The number of hydrogen-bond donors (Lipinski definition) is 3. The first kappa shape index (κ1) is 7.47. The van der Waals surface area contributed by atoms with E-state index in [4.69, 9.17) is 5.73 Å². The molecular weight excluding hydrogens is 174 g/mol. The third-order valence-corrected chi connectivity index (χ3v) is 1.56. The fourth-order valence-electron chi connectivity index (χ4n) is 0.975. The number of hydrogen-bond acceptors (Lipinski definition) is 5. The van der Waals surface area contributed by atoms with Gasteiger partial charge in [-0.2, -0.15) is 0 Å². The van der Waals surface area contributed by atoms with E-state index in [9.17, 15) is 9.59 Å². The van der Waals surface area contributed by atoms with Crippen LogP contribution in [-0.2, 0) is 0 Å². The Morgan fingerprint density at radius 2 is 1.92 bits per heavy atom. The van der Waals surface area contributed by atoms with E-state index in [1.807, 2.05) is 0 Å². The summed E-state index contributed by atoms with van der Waals surface area (Å²) in [6.45, 7) is 0. The van der Waals surface area contributed by atoms with Gasteiger partial charge in [-0.3, -0.25) is 19.8 Å². The van der Waals surface area contributed by atoms with E-state index in [1.165, 1.54) is 6.20 Å². The van der Waals surface area contributed by atoms with Gasteiger partial charge in [0, 0.05) is 6.20 Å². The molecule has 13 heavy (non-hydrogen) atoms. The van der Waals surface area contributed by atoms with Gasteiger partial charge in [0.1, 0.15) is 5.52 Å². The van der Waals surface area contributed by atoms with Gasteiger partial charge in [0.25, 0.3) is 11.1 Å². The van der Waals surface area contributed by atoms with Gasteiger partial charge in [0.05, 0.1) is 5.39 Å². The Bertz CT molecular complexity index is 569. The molecule has 0 fully saturated rings. The van der Waals surface area contributed by atoms with E-state index in [1.54, 1.807) is 0 Å². The standard InChI is InChI=1S/C6H5N5O2/c7-6-8-1-2-3(9-6)5(13)11-10-4(2)12/h1H,(H,10,12)(H,11,13)(H2,7,8,9). The van der Waals surface area contributed by atoms with E-state index < -0.39 is 11.1 Å². The summed E-state index contributed by atoms with van der Waals surface area (Å²) in [6, 6.07) is 0. The van der Waals surface area contributed by atoms with Gasteiger partial charge >= 0.3 is 0 Å². The first-order valence-electron chi connectivity index (χ1n) is 3.41. The molecule has 2 aromatic rings.